The van der Waals surface area contributed by atoms with Crippen molar-refractivity contribution >= 4 is 11.9 Å². The van der Waals surface area contributed by atoms with E-state index in [1.165, 1.54) is 7.11 Å². The average molecular weight is 234 g/mol. The highest BCUT2D eigenvalue weighted by Crippen LogP contribution is 2.26. The minimum absolute atomic E-state index is 0.0990. The monoisotopic (exact) mass is 234 g/mol. The highest BCUT2D eigenvalue weighted by atomic mass is 16.5. The third-order valence-electron chi connectivity index (χ3n) is 2.44. The Morgan fingerprint density at radius 2 is 2.24 bits per heavy atom. The lowest BCUT2D eigenvalue weighted by Gasteiger charge is -2.03. The van der Waals surface area contributed by atoms with Crippen LogP contribution in [0.5, 0.6) is 11.5 Å². The van der Waals surface area contributed by atoms with Gasteiger partial charge in [0.05, 0.1) is 7.11 Å². The van der Waals surface area contributed by atoms with Crippen LogP contribution in [0.2, 0.25) is 0 Å². The predicted octanol–water partition coefficient (Wildman–Crippen LogP) is 3.17. The van der Waals surface area contributed by atoms with Crippen molar-refractivity contribution in [1.82, 2.24) is 0 Å². The number of carbonyl (C=O) groups is 1. The van der Waals surface area contributed by atoms with Gasteiger partial charge >= 0.3 is 0 Å². The van der Waals surface area contributed by atoms with Crippen LogP contribution in [0.15, 0.2) is 24.3 Å². The van der Waals surface area contributed by atoms with E-state index >= 15 is 0 Å². The van der Waals surface area contributed by atoms with Gasteiger partial charge in [0.25, 0.3) is 0 Å². The molecule has 0 aromatic heterocycles. The second-order valence-electron chi connectivity index (χ2n) is 3.83. The Balaban J connectivity index is 2.68. The molecule has 3 nitrogen and oxygen atoms in total. The van der Waals surface area contributed by atoms with Crippen molar-refractivity contribution in [2.75, 3.05) is 7.11 Å². The maximum Gasteiger partial charge on any atom is 0.161 e. The lowest BCUT2D eigenvalue weighted by molar-refractivity contribution is -0.114. The van der Waals surface area contributed by atoms with Gasteiger partial charge < -0.3 is 9.84 Å². The molecule has 0 saturated carbocycles. The number of rotatable bonds is 6. The summed E-state index contributed by atoms with van der Waals surface area (Å²) in [5.41, 5.74) is 0.837. The Bertz CT molecular complexity index is 408. The SMILES string of the molecule is CCCCC(=O)/C=C/c1ccc(O)c(OC)c1. The number of allylic oxidation sites excluding steroid dienone is 1. The van der Waals surface area contributed by atoms with E-state index in [9.17, 15) is 9.90 Å². The zero-order chi connectivity index (χ0) is 12.7. The maximum atomic E-state index is 11.4. The van der Waals surface area contributed by atoms with E-state index in [4.69, 9.17) is 4.74 Å². The summed E-state index contributed by atoms with van der Waals surface area (Å²) in [6.45, 7) is 2.06. The van der Waals surface area contributed by atoms with Crippen molar-refractivity contribution in [2.45, 2.75) is 26.2 Å². The number of carbonyl (C=O) groups excluding carboxylic acids is 1. The summed E-state index contributed by atoms with van der Waals surface area (Å²) >= 11 is 0. The lowest BCUT2D eigenvalue weighted by atomic mass is 10.1. The molecule has 1 aromatic rings. The first-order chi connectivity index (χ1) is 8.17. The Morgan fingerprint density at radius 1 is 1.47 bits per heavy atom. The fraction of sp³-hybridized carbons (Fsp3) is 0.357. The molecule has 0 bridgehead atoms. The average Bonchev–Trinajstić information content (AvgIpc) is 2.35. The standard InChI is InChI=1S/C14H18O3/c1-3-4-5-12(15)8-6-11-7-9-13(16)14(10-11)17-2/h6-10,16H,3-5H2,1-2H3/b8-6+. The van der Waals surface area contributed by atoms with Crippen molar-refractivity contribution in [1.29, 1.82) is 0 Å². The van der Waals surface area contributed by atoms with Gasteiger partial charge in [-0.3, -0.25) is 4.79 Å². The van der Waals surface area contributed by atoms with Gasteiger partial charge in [0, 0.05) is 6.42 Å². The van der Waals surface area contributed by atoms with Crippen molar-refractivity contribution < 1.29 is 14.6 Å². The van der Waals surface area contributed by atoms with Crippen LogP contribution in [0.3, 0.4) is 0 Å². The predicted molar refractivity (Wildman–Crippen MR) is 68.2 cm³/mol. The van der Waals surface area contributed by atoms with Gasteiger partial charge in [0.2, 0.25) is 0 Å². The summed E-state index contributed by atoms with van der Waals surface area (Å²) in [4.78, 5) is 11.4. The molecule has 0 heterocycles. The zero-order valence-corrected chi connectivity index (χ0v) is 10.3. The largest absolute Gasteiger partial charge is 0.504 e. The molecule has 0 spiro atoms. The Hall–Kier alpha value is -1.77. The van der Waals surface area contributed by atoms with E-state index in [1.54, 1.807) is 30.4 Å². The number of hydrogen-bond acceptors (Lipinski definition) is 3. The molecule has 17 heavy (non-hydrogen) atoms. The number of methoxy groups -OCH3 is 1. The summed E-state index contributed by atoms with van der Waals surface area (Å²) < 4.78 is 4.99. The Morgan fingerprint density at radius 3 is 2.88 bits per heavy atom. The third-order valence-corrected chi connectivity index (χ3v) is 2.44. The molecule has 0 aliphatic carbocycles. The number of ketones is 1. The first-order valence-electron chi connectivity index (χ1n) is 5.75. The van der Waals surface area contributed by atoms with Gasteiger partial charge in [0.15, 0.2) is 17.3 Å². The fourth-order valence-electron chi connectivity index (χ4n) is 1.42. The first kappa shape index (κ1) is 13.3. The fourth-order valence-corrected chi connectivity index (χ4v) is 1.42. The second kappa shape index (κ2) is 6.74. The van der Waals surface area contributed by atoms with E-state index in [1.807, 2.05) is 0 Å². The van der Waals surface area contributed by atoms with Gasteiger partial charge in [-0.1, -0.05) is 25.5 Å². The van der Waals surface area contributed by atoms with Crippen LogP contribution in [-0.4, -0.2) is 18.0 Å². The molecule has 0 unspecified atom stereocenters. The second-order valence-corrected chi connectivity index (χ2v) is 3.83. The molecule has 3 heteroatoms. The number of aromatic hydroxyl groups is 1. The van der Waals surface area contributed by atoms with Crippen molar-refractivity contribution in [3.8, 4) is 11.5 Å². The molecule has 0 saturated heterocycles. The van der Waals surface area contributed by atoms with E-state index in [0.29, 0.717) is 12.2 Å². The van der Waals surface area contributed by atoms with Crippen molar-refractivity contribution in [3.63, 3.8) is 0 Å². The maximum absolute atomic E-state index is 11.4. The first-order valence-corrected chi connectivity index (χ1v) is 5.75. The quantitative estimate of drug-likeness (QED) is 0.769. The van der Waals surface area contributed by atoms with Crippen molar-refractivity contribution in [2.24, 2.45) is 0 Å². The molecular formula is C14H18O3. The summed E-state index contributed by atoms with van der Waals surface area (Å²) in [6, 6.07) is 4.98. The molecule has 0 fully saturated rings. The van der Waals surface area contributed by atoms with E-state index in [0.717, 1.165) is 18.4 Å². The van der Waals surface area contributed by atoms with Crippen LogP contribution < -0.4 is 4.74 Å². The van der Waals surface area contributed by atoms with Crippen LogP contribution in [0.1, 0.15) is 31.7 Å². The minimum atomic E-state index is 0.0990. The Kier molecular flexibility index (Phi) is 5.27. The zero-order valence-electron chi connectivity index (χ0n) is 10.3. The van der Waals surface area contributed by atoms with Crippen LogP contribution in [0.25, 0.3) is 6.08 Å². The van der Waals surface area contributed by atoms with Gasteiger partial charge in [0.1, 0.15) is 0 Å². The number of hydrogen-bond donors (Lipinski definition) is 1. The number of phenolic OH excluding ortho intramolecular Hbond substituents is 1. The lowest BCUT2D eigenvalue weighted by Crippen LogP contribution is -1.91. The molecule has 0 radical (unpaired) electrons. The van der Waals surface area contributed by atoms with Gasteiger partial charge in [-0.2, -0.15) is 0 Å². The van der Waals surface area contributed by atoms with Crippen LogP contribution in [0, 0.1) is 0 Å². The topological polar surface area (TPSA) is 46.5 Å². The highest BCUT2D eigenvalue weighted by Gasteiger charge is 2.01. The van der Waals surface area contributed by atoms with Gasteiger partial charge in [-0.15, -0.1) is 0 Å². The molecule has 0 atom stereocenters. The minimum Gasteiger partial charge on any atom is -0.504 e. The Labute approximate surface area is 102 Å². The van der Waals surface area contributed by atoms with Gasteiger partial charge in [-0.05, 0) is 30.2 Å². The molecule has 1 rings (SSSR count). The number of unbranched alkanes of at least 4 members (excludes halogenated alkanes) is 1. The summed E-state index contributed by atoms with van der Waals surface area (Å²) in [6.07, 6.45) is 5.83. The molecule has 1 N–H and O–H groups in total. The highest BCUT2D eigenvalue weighted by molar-refractivity contribution is 5.93. The van der Waals surface area contributed by atoms with E-state index in [-0.39, 0.29) is 11.5 Å². The summed E-state index contributed by atoms with van der Waals surface area (Å²) in [5, 5.41) is 9.41. The summed E-state index contributed by atoms with van der Waals surface area (Å²) in [7, 11) is 1.49. The van der Waals surface area contributed by atoms with Gasteiger partial charge in [-0.25, -0.2) is 0 Å². The number of phenols is 1. The normalized spacial score (nSPS) is 10.7. The van der Waals surface area contributed by atoms with Crippen molar-refractivity contribution in [3.05, 3.63) is 29.8 Å². The van der Waals surface area contributed by atoms with E-state index in [2.05, 4.69) is 6.92 Å². The smallest absolute Gasteiger partial charge is 0.161 e. The van der Waals surface area contributed by atoms with Crippen LogP contribution in [-0.2, 0) is 4.79 Å². The molecule has 0 amide bonds. The number of benzene rings is 1. The molecule has 0 aliphatic heterocycles. The summed E-state index contributed by atoms with van der Waals surface area (Å²) in [5.74, 6) is 0.633. The number of ether oxygens (including phenoxy) is 1. The molecule has 1 aromatic carbocycles. The van der Waals surface area contributed by atoms with Crippen LogP contribution in [0.4, 0.5) is 0 Å². The van der Waals surface area contributed by atoms with Crippen LogP contribution >= 0.6 is 0 Å². The van der Waals surface area contributed by atoms with E-state index < -0.39 is 0 Å². The molecule has 0 aliphatic rings. The third kappa shape index (κ3) is 4.31. The molecular weight excluding hydrogens is 216 g/mol. The molecule has 92 valence electrons.